The summed E-state index contributed by atoms with van der Waals surface area (Å²) in [4.78, 5) is 17.3. The summed E-state index contributed by atoms with van der Waals surface area (Å²) in [5, 5.41) is 2.96. The van der Waals surface area contributed by atoms with Crippen molar-refractivity contribution in [3.8, 4) is 0 Å². The molecule has 14 heavy (non-hydrogen) atoms. The van der Waals surface area contributed by atoms with E-state index in [1.165, 1.54) is 0 Å². The minimum Gasteiger partial charge on any atom is -0.370 e. The van der Waals surface area contributed by atoms with Crippen molar-refractivity contribution in [3.63, 3.8) is 0 Å². The van der Waals surface area contributed by atoms with Crippen molar-refractivity contribution >= 4 is 11.9 Å². The molecular weight excluding hydrogens is 180 g/mol. The van der Waals surface area contributed by atoms with Gasteiger partial charge in [-0.05, 0) is 20.3 Å². The molecule has 0 aromatic carbocycles. The number of likely N-dealkylation sites (tertiary alicyclic amines) is 1. The SMILES string of the molecule is CC(C)NC(N)=NC1CCN(C)C1=O. The van der Waals surface area contributed by atoms with E-state index in [1.54, 1.807) is 11.9 Å². The van der Waals surface area contributed by atoms with Gasteiger partial charge >= 0.3 is 0 Å². The van der Waals surface area contributed by atoms with Crippen LogP contribution in [0.15, 0.2) is 4.99 Å². The van der Waals surface area contributed by atoms with Gasteiger partial charge in [-0.2, -0.15) is 0 Å². The number of nitrogens with zero attached hydrogens (tertiary/aromatic N) is 2. The maximum atomic E-state index is 11.5. The predicted molar refractivity (Wildman–Crippen MR) is 55.9 cm³/mol. The molecular formula is C9H18N4O. The van der Waals surface area contributed by atoms with Gasteiger partial charge in [-0.1, -0.05) is 0 Å². The molecule has 1 rings (SSSR count). The number of hydrogen-bond donors (Lipinski definition) is 2. The number of carbonyl (C=O) groups excluding carboxylic acids is 1. The highest BCUT2D eigenvalue weighted by molar-refractivity contribution is 5.88. The third kappa shape index (κ3) is 2.61. The van der Waals surface area contributed by atoms with Crippen LogP contribution in [0.4, 0.5) is 0 Å². The smallest absolute Gasteiger partial charge is 0.247 e. The number of guanidine groups is 1. The number of aliphatic imine (C=N–C) groups is 1. The second-order valence-electron chi connectivity index (χ2n) is 3.88. The van der Waals surface area contributed by atoms with E-state index in [4.69, 9.17) is 5.73 Å². The molecule has 5 nitrogen and oxygen atoms in total. The Bertz CT molecular complexity index is 249. The van der Waals surface area contributed by atoms with E-state index < -0.39 is 0 Å². The van der Waals surface area contributed by atoms with Crippen molar-refractivity contribution in [2.45, 2.75) is 32.4 Å². The standard InChI is InChI=1S/C9H18N4O/c1-6(2)11-9(10)12-7-4-5-13(3)8(7)14/h6-7H,4-5H2,1-3H3,(H3,10,11,12). The van der Waals surface area contributed by atoms with Crippen LogP contribution in [0.3, 0.4) is 0 Å². The molecule has 0 aromatic heterocycles. The summed E-state index contributed by atoms with van der Waals surface area (Å²) in [5.74, 6) is 0.409. The monoisotopic (exact) mass is 198 g/mol. The van der Waals surface area contributed by atoms with Crippen molar-refractivity contribution in [1.82, 2.24) is 10.2 Å². The van der Waals surface area contributed by atoms with Gasteiger partial charge in [0, 0.05) is 19.6 Å². The van der Waals surface area contributed by atoms with Gasteiger partial charge in [0.1, 0.15) is 6.04 Å². The van der Waals surface area contributed by atoms with E-state index >= 15 is 0 Å². The van der Waals surface area contributed by atoms with Crippen LogP contribution in [0, 0.1) is 0 Å². The van der Waals surface area contributed by atoms with Crippen molar-refractivity contribution in [2.75, 3.05) is 13.6 Å². The Labute approximate surface area is 84.4 Å². The number of amides is 1. The fourth-order valence-corrected chi connectivity index (χ4v) is 1.42. The summed E-state index contributed by atoms with van der Waals surface area (Å²) < 4.78 is 0. The molecule has 1 aliphatic rings. The topological polar surface area (TPSA) is 70.7 Å². The Morgan fingerprint density at radius 2 is 2.36 bits per heavy atom. The molecule has 0 bridgehead atoms. The van der Waals surface area contributed by atoms with Crippen molar-refractivity contribution < 1.29 is 4.79 Å². The Balaban J connectivity index is 2.55. The molecule has 1 aliphatic heterocycles. The minimum absolute atomic E-state index is 0.0542. The first-order valence-corrected chi connectivity index (χ1v) is 4.85. The van der Waals surface area contributed by atoms with E-state index in [0.29, 0.717) is 5.96 Å². The van der Waals surface area contributed by atoms with Gasteiger partial charge in [-0.15, -0.1) is 0 Å². The fourth-order valence-electron chi connectivity index (χ4n) is 1.42. The average Bonchev–Trinajstić information content (AvgIpc) is 2.34. The maximum Gasteiger partial charge on any atom is 0.247 e. The van der Waals surface area contributed by atoms with E-state index in [1.807, 2.05) is 13.8 Å². The predicted octanol–water partition coefficient (Wildman–Crippen LogP) is -0.470. The molecule has 1 saturated heterocycles. The average molecular weight is 198 g/mol. The second-order valence-corrected chi connectivity index (χ2v) is 3.88. The van der Waals surface area contributed by atoms with Crippen LogP contribution >= 0.6 is 0 Å². The van der Waals surface area contributed by atoms with Gasteiger partial charge in [-0.25, -0.2) is 4.99 Å². The van der Waals surface area contributed by atoms with Crippen LogP contribution in [0.1, 0.15) is 20.3 Å². The summed E-state index contributed by atoms with van der Waals surface area (Å²) in [5.41, 5.74) is 5.63. The lowest BCUT2D eigenvalue weighted by Crippen LogP contribution is -2.38. The van der Waals surface area contributed by atoms with Crippen molar-refractivity contribution in [3.05, 3.63) is 0 Å². The quantitative estimate of drug-likeness (QED) is 0.465. The molecule has 0 aromatic rings. The van der Waals surface area contributed by atoms with E-state index in [9.17, 15) is 4.79 Å². The fraction of sp³-hybridized carbons (Fsp3) is 0.778. The van der Waals surface area contributed by atoms with Gasteiger partial charge in [0.2, 0.25) is 5.91 Å². The third-order valence-electron chi connectivity index (χ3n) is 2.13. The lowest BCUT2D eigenvalue weighted by molar-refractivity contribution is -0.127. The Hall–Kier alpha value is -1.26. The molecule has 1 fully saturated rings. The lowest BCUT2D eigenvalue weighted by Gasteiger charge is -2.11. The first-order chi connectivity index (χ1) is 6.50. The molecule has 1 unspecified atom stereocenters. The Morgan fingerprint density at radius 1 is 1.71 bits per heavy atom. The van der Waals surface area contributed by atoms with E-state index in [-0.39, 0.29) is 18.0 Å². The molecule has 0 radical (unpaired) electrons. The van der Waals surface area contributed by atoms with Gasteiger partial charge in [0.25, 0.3) is 0 Å². The maximum absolute atomic E-state index is 11.5. The number of nitrogens with one attached hydrogen (secondary N) is 1. The normalized spacial score (nSPS) is 23.4. The van der Waals surface area contributed by atoms with Crippen LogP contribution in [0.25, 0.3) is 0 Å². The highest BCUT2D eigenvalue weighted by atomic mass is 16.2. The zero-order chi connectivity index (χ0) is 10.7. The van der Waals surface area contributed by atoms with Gasteiger partial charge in [-0.3, -0.25) is 4.79 Å². The largest absolute Gasteiger partial charge is 0.370 e. The first kappa shape index (κ1) is 10.8. The number of hydrogen-bond acceptors (Lipinski definition) is 2. The molecule has 0 spiro atoms. The summed E-state index contributed by atoms with van der Waals surface area (Å²) in [6, 6.07) is -0.0424. The van der Waals surface area contributed by atoms with Crippen LogP contribution in [0.5, 0.6) is 0 Å². The summed E-state index contributed by atoms with van der Waals surface area (Å²) >= 11 is 0. The second kappa shape index (κ2) is 4.30. The lowest BCUT2D eigenvalue weighted by atomic mass is 10.3. The molecule has 1 atom stereocenters. The van der Waals surface area contributed by atoms with Crippen molar-refractivity contribution in [1.29, 1.82) is 0 Å². The Morgan fingerprint density at radius 3 is 2.79 bits per heavy atom. The summed E-state index contributed by atoms with van der Waals surface area (Å²) in [7, 11) is 1.78. The Kier molecular flexibility index (Phi) is 3.33. The molecule has 1 heterocycles. The van der Waals surface area contributed by atoms with Crippen LogP contribution in [0.2, 0.25) is 0 Å². The zero-order valence-electron chi connectivity index (χ0n) is 8.95. The summed E-state index contributed by atoms with van der Waals surface area (Å²) in [6.45, 7) is 4.72. The molecule has 3 N–H and O–H groups in total. The van der Waals surface area contributed by atoms with E-state index in [0.717, 1.165) is 13.0 Å². The minimum atomic E-state index is -0.286. The van der Waals surface area contributed by atoms with Crippen LogP contribution in [-0.4, -0.2) is 42.4 Å². The van der Waals surface area contributed by atoms with Crippen LogP contribution < -0.4 is 11.1 Å². The summed E-state index contributed by atoms with van der Waals surface area (Å²) in [6.07, 6.45) is 0.760. The molecule has 1 amide bonds. The molecule has 0 aliphatic carbocycles. The molecule has 80 valence electrons. The number of nitrogens with two attached hydrogens (primary N) is 1. The zero-order valence-corrected chi connectivity index (χ0v) is 8.95. The highest BCUT2D eigenvalue weighted by Gasteiger charge is 2.28. The molecule has 5 heteroatoms. The van der Waals surface area contributed by atoms with Gasteiger partial charge in [0.05, 0.1) is 0 Å². The van der Waals surface area contributed by atoms with Gasteiger partial charge in [0.15, 0.2) is 5.96 Å². The molecule has 0 saturated carbocycles. The number of likely N-dealkylation sites (N-methyl/N-ethyl adjacent to an activating group) is 1. The first-order valence-electron chi connectivity index (χ1n) is 4.85. The van der Waals surface area contributed by atoms with Crippen LogP contribution in [-0.2, 0) is 4.79 Å². The van der Waals surface area contributed by atoms with Gasteiger partial charge < -0.3 is 16.0 Å². The van der Waals surface area contributed by atoms with Crippen molar-refractivity contribution in [2.24, 2.45) is 10.7 Å². The number of rotatable bonds is 2. The third-order valence-corrected chi connectivity index (χ3v) is 2.13. The number of carbonyl (C=O) groups is 1. The van der Waals surface area contributed by atoms with E-state index in [2.05, 4.69) is 10.3 Å². The highest BCUT2D eigenvalue weighted by Crippen LogP contribution is 2.11.